The Morgan fingerprint density at radius 1 is 0.526 bits per heavy atom. The van der Waals surface area contributed by atoms with Crippen molar-refractivity contribution in [3.63, 3.8) is 0 Å². The van der Waals surface area contributed by atoms with Gasteiger partial charge in [0.25, 0.3) is 0 Å². The van der Waals surface area contributed by atoms with E-state index >= 15 is 0 Å². The van der Waals surface area contributed by atoms with Crippen molar-refractivity contribution in [3.05, 3.63) is 96.2 Å². The largest absolute Gasteiger partial charge is 0.381 e. The van der Waals surface area contributed by atoms with Gasteiger partial charge in [-0.25, -0.2) is 0 Å². The van der Waals surface area contributed by atoms with Crippen LogP contribution in [0.15, 0.2) is 88.1 Å². The maximum atomic E-state index is 5.71. The molecule has 0 N–H and O–H groups in total. The molecule has 324 valence electrons. The van der Waals surface area contributed by atoms with E-state index in [4.69, 9.17) is 18.5 Å². The highest BCUT2D eigenvalue weighted by molar-refractivity contribution is 5.47. The van der Waals surface area contributed by atoms with Gasteiger partial charge in [0, 0.05) is 102 Å². The lowest BCUT2D eigenvalue weighted by Crippen LogP contribution is -2.46. The molecule has 10 nitrogen and oxygen atoms in total. The van der Waals surface area contributed by atoms with E-state index in [0.717, 1.165) is 115 Å². The monoisotopic (exact) mass is 795 g/mol. The maximum Gasteiger partial charge on any atom is 0.133 e. The Morgan fingerprint density at radius 2 is 1.02 bits per heavy atom. The van der Waals surface area contributed by atoms with Gasteiger partial charge in [-0.1, -0.05) is 116 Å². The molecular formula is C47H82N6O4. The van der Waals surface area contributed by atoms with E-state index < -0.39 is 0 Å². The molecule has 2 aliphatic rings. The average molecular weight is 795 g/mol. The number of anilines is 2. The molecule has 2 aliphatic heterocycles. The second kappa shape index (κ2) is 37.9. The predicted molar refractivity (Wildman–Crippen MR) is 243 cm³/mol. The van der Waals surface area contributed by atoms with E-state index in [1.807, 2.05) is 88.3 Å². The van der Waals surface area contributed by atoms with E-state index in [0.29, 0.717) is 13.2 Å². The third kappa shape index (κ3) is 24.0. The fourth-order valence-electron chi connectivity index (χ4n) is 5.97. The van der Waals surface area contributed by atoms with Crippen LogP contribution in [0.1, 0.15) is 106 Å². The summed E-state index contributed by atoms with van der Waals surface area (Å²) in [5, 5.41) is 7.80. The minimum absolute atomic E-state index is 0.548. The van der Waals surface area contributed by atoms with Crippen molar-refractivity contribution in [2.45, 2.75) is 108 Å². The molecule has 10 heteroatoms. The lowest BCUT2D eigenvalue weighted by atomic mass is 10.2. The smallest absolute Gasteiger partial charge is 0.133 e. The zero-order valence-corrected chi connectivity index (χ0v) is 38.0. The molecule has 4 aromatic rings. The van der Waals surface area contributed by atoms with Gasteiger partial charge in [-0.05, 0) is 57.0 Å². The Bertz CT molecular complexity index is 1340. The van der Waals surface area contributed by atoms with Crippen molar-refractivity contribution < 1.29 is 18.5 Å². The molecule has 57 heavy (non-hydrogen) atoms. The van der Waals surface area contributed by atoms with Crippen LogP contribution in [0.4, 0.5) is 11.4 Å². The van der Waals surface area contributed by atoms with Crippen molar-refractivity contribution in [2.24, 2.45) is 0 Å². The van der Waals surface area contributed by atoms with E-state index in [1.54, 1.807) is 6.26 Å². The van der Waals surface area contributed by atoms with Crippen molar-refractivity contribution in [3.8, 4) is 0 Å². The number of aromatic nitrogens is 2. The van der Waals surface area contributed by atoms with Crippen LogP contribution < -0.4 is 9.80 Å². The van der Waals surface area contributed by atoms with Gasteiger partial charge in [0.05, 0.1) is 18.9 Å². The lowest BCUT2D eigenvalue weighted by molar-refractivity contribution is 0.109. The Labute approximate surface area is 348 Å². The Kier molecular flexibility index (Phi) is 35.4. The SMILES string of the molecule is CC.CC.CC.CC.CC.Cc1cc(CCOCCCN2CCN(c3ccccc3)CC2)no1.c1ccc(N2CCN(CCCCOCc3ccon3)CC2)cc1. The summed E-state index contributed by atoms with van der Waals surface area (Å²) in [5.41, 5.74) is 4.52. The second-order valence-electron chi connectivity index (χ2n) is 12.2. The number of nitrogens with zero attached hydrogens (tertiary/aromatic N) is 6. The maximum absolute atomic E-state index is 5.71. The third-order valence-electron chi connectivity index (χ3n) is 8.68. The van der Waals surface area contributed by atoms with E-state index in [1.165, 1.54) is 17.8 Å². The fraction of sp³-hybridized carbons (Fsp3) is 0.617. The quantitative estimate of drug-likeness (QED) is 0.102. The number of hydrogen-bond donors (Lipinski definition) is 0. The third-order valence-corrected chi connectivity index (χ3v) is 8.68. The predicted octanol–water partition coefficient (Wildman–Crippen LogP) is 10.7. The molecule has 6 rings (SSSR count). The average Bonchev–Trinajstić information content (AvgIpc) is 3.99. The molecule has 0 aliphatic carbocycles. The minimum Gasteiger partial charge on any atom is -0.381 e. The normalized spacial score (nSPS) is 13.6. The van der Waals surface area contributed by atoms with Gasteiger partial charge in [-0.2, -0.15) is 0 Å². The van der Waals surface area contributed by atoms with Crippen LogP contribution in [0, 0.1) is 6.92 Å². The van der Waals surface area contributed by atoms with Crippen molar-refractivity contribution >= 4 is 11.4 Å². The zero-order chi connectivity index (χ0) is 42.4. The number of benzene rings is 2. The standard InChI is InChI=1S/C19H27N3O2.C18H25N3O2.5C2H6/c1-17-16-18(20-24-17)8-15-23-14-5-9-21-10-12-22(13-11-21)19-6-3-2-4-7-19;1-2-6-18(7-3-1)21-12-10-20(11-13-21)9-4-5-14-22-16-17-8-15-23-19-17;5*1-2/h2-4,6-7,16H,5,8-15H2,1H3;1-3,6-8,15H,4-5,9-14,16H2;5*1-2H3. The van der Waals surface area contributed by atoms with Crippen LogP contribution in [0.5, 0.6) is 0 Å². The fourth-order valence-corrected chi connectivity index (χ4v) is 5.97. The molecule has 0 saturated carbocycles. The van der Waals surface area contributed by atoms with E-state index in [2.05, 4.69) is 90.6 Å². The first-order valence-corrected chi connectivity index (χ1v) is 22.2. The van der Waals surface area contributed by atoms with Crippen molar-refractivity contribution in [1.29, 1.82) is 0 Å². The number of unbranched alkanes of at least 4 members (excludes halogenated alkanes) is 1. The lowest BCUT2D eigenvalue weighted by Gasteiger charge is -2.36. The first-order valence-electron chi connectivity index (χ1n) is 22.2. The van der Waals surface area contributed by atoms with Crippen LogP contribution in [0.3, 0.4) is 0 Å². The second-order valence-corrected chi connectivity index (χ2v) is 12.2. The summed E-state index contributed by atoms with van der Waals surface area (Å²) in [6, 6.07) is 25.2. The number of rotatable bonds is 16. The first kappa shape index (κ1) is 53.3. The van der Waals surface area contributed by atoms with E-state index in [9.17, 15) is 0 Å². The van der Waals surface area contributed by atoms with Gasteiger partial charge in [-0.15, -0.1) is 0 Å². The number of hydrogen-bond acceptors (Lipinski definition) is 10. The van der Waals surface area contributed by atoms with Gasteiger partial charge in [0.1, 0.15) is 17.7 Å². The molecule has 2 aromatic carbocycles. The first-order chi connectivity index (χ1) is 28.2. The molecule has 2 fully saturated rings. The van der Waals surface area contributed by atoms with Gasteiger partial charge in [-0.3, -0.25) is 9.80 Å². The minimum atomic E-state index is 0.548. The summed E-state index contributed by atoms with van der Waals surface area (Å²) in [6.45, 7) is 36.1. The zero-order valence-electron chi connectivity index (χ0n) is 38.0. The Morgan fingerprint density at radius 3 is 1.47 bits per heavy atom. The van der Waals surface area contributed by atoms with Crippen molar-refractivity contribution in [1.82, 2.24) is 20.1 Å². The Hall–Kier alpha value is -3.70. The summed E-state index contributed by atoms with van der Waals surface area (Å²) in [4.78, 5) is 10.0. The van der Waals surface area contributed by atoms with Crippen LogP contribution in [-0.4, -0.2) is 105 Å². The Balaban J connectivity index is 0.000000904. The van der Waals surface area contributed by atoms with E-state index in [-0.39, 0.29) is 0 Å². The number of ether oxygens (including phenoxy) is 2. The summed E-state index contributed by atoms with van der Waals surface area (Å²) >= 11 is 0. The molecule has 0 amide bonds. The van der Waals surface area contributed by atoms with Crippen LogP contribution >= 0.6 is 0 Å². The van der Waals surface area contributed by atoms with Crippen LogP contribution in [0.25, 0.3) is 0 Å². The van der Waals surface area contributed by atoms with Gasteiger partial charge >= 0.3 is 0 Å². The topological polar surface area (TPSA) is 83.5 Å². The molecule has 2 saturated heterocycles. The molecule has 0 spiro atoms. The molecule has 0 unspecified atom stereocenters. The van der Waals surface area contributed by atoms with Crippen LogP contribution in [0.2, 0.25) is 0 Å². The van der Waals surface area contributed by atoms with Gasteiger partial charge in [0.15, 0.2) is 0 Å². The molecule has 0 radical (unpaired) electrons. The summed E-state index contributed by atoms with van der Waals surface area (Å²) in [5.74, 6) is 0.861. The number of para-hydroxylation sites is 2. The highest BCUT2D eigenvalue weighted by Gasteiger charge is 2.17. The van der Waals surface area contributed by atoms with Gasteiger partial charge in [0.2, 0.25) is 0 Å². The summed E-state index contributed by atoms with van der Waals surface area (Å²) in [6.07, 6.45) is 5.77. The molecular weight excluding hydrogens is 713 g/mol. The highest BCUT2D eigenvalue weighted by Crippen LogP contribution is 2.17. The number of piperazine rings is 2. The van der Waals surface area contributed by atoms with Gasteiger partial charge < -0.3 is 28.3 Å². The van der Waals surface area contributed by atoms with Crippen molar-refractivity contribution in [2.75, 3.05) is 95.1 Å². The molecule has 2 aromatic heterocycles. The molecule has 0 atom stereocenters. The van der Waals surface area contributed by atoms with Crippen LogP contribution in [-0.2, 0) is 22.5 Å². The summed E-state index contributed by atoms with van der Waals surface area (Å²) < 4.78 is 21.1. The summed E-state index contributed by atoms with van der Waals surface area (Å²) in [7, 11) is 0. The highest BCUT2D eigenvalue weighted by atomic mass is 16.5. The molecule has 4 heterocycles. The number of aryl methyl sites for hydroxylation is 1. The molecule has 0 bridgehead atoms.